The van der Waals surface area contributed by atoms with Crippen LogP contribution in [0.4, 0.5) is 0 Å². The fourth-order valence-electron chi connectivity index (χ4n) is 3.38. The van der Waals surface area contributed by atoms with Crippen LogP contribution in [0.1, 0.15) is 80.1 Å². The molecule has 1 rings (SSSR count). The molecule has 0 aromatic rings. The van der Waals surface area contributed by atoms with Crippen LogP contribution in [0.3, 0.4) is 0 Å². The standard InChI is InChI=1S/C21H34O5/c1-7-8-15(22)16-17(23)14(10-9-13(2)3)18(24)21(26,19(16)25)12-11-20(4,5)6/h13-14,16,26H,7-12H2,1-6H3. The molecular formula is C21H34O5. The van der Waals surface area contributed by atoms with Gasteiger partial charge in [-0.25, -0.2) is 0 Å². The van der Waals surface area contributed by atoms with E-state index in [0.29, 0.717) is 19.3 Å². The predicted octanol–water partition coefficient (Wildman–Crippen LogP) is 3.30. The van der Waals surface area contributed by atoms with Gasteiger partial charge in [0.2, 0.25) is 0 Å². The average Bonchev–Trinajstić information content (AvgIpc) is 2.50. The number of rotatable bonds is 8. The first-order chi connectivity index (χ1) is 11.8. The van der Waals surface area contributed by atoms with Crippen molar-refractivity contribution in [2.75, 3.05) is 0 Å². The lowest BCUT2D eigenvalue weighted by Gasteiger charge is -2.38. The minimum atomic E-state index is -2.23. The minimum absolute atomic E-state index is 0.0461. The lowest BCUT2D eigenvalue weighted by Crippen LogP contribution is -2.62. The summed E-state index contributed by atoms with van der Waals surface area (Å²) in [6.07, 6.45) is 1.91. The monoisotopic (exact) mass is 366 g/mol. The lowest BCUT2D eigenvalue weighted by atomic mass is 9.64. The van der Waals surface area contributed by atoms with Crippen molar-refractivity contribution < 1.29 is 24.3 Å². The largest absolute Gasteiger partial charge is 0.374 e. The molecule has 1 aliphatic rings. The molecule has 1 fully saturated rings. The molecule has 1 N–H and O–H groups in total. The molecule has 1 saturated carbocycles. The zero-order valence-corrected chi connectivity index (χ0v) is 17.1. The van der Waals surface area contributed by atoms with E-state index in [1.807, 2.05) is 34.6 Å². The molecule has 0 aromatic heterocycles. The Morgan fingerprint density at radius 1 is 1.15 bits per heavy atom. The minimum Gasteiger partial charge on any atom is -0.374 e. The topological polar surface area (TPSA) is 88.5 Å². The Bertz CT molecular complexity index is 569. The Morgan fingerprint density at radius 2 is 1.73 bits per heavy atom. The number of carbonyl (C=O) groups excluding carboxylic acids is 4. The van der Waals surface area contributed by atoms with Crippen molar-refractivity contribution in [1.82, 2.24) is 0 Å². The van der Waals surface area contributed by atoms with Gasteiger partial charge in [0.05, 0.1) is 5.92 Å². The zero-order chi connectivity index (χ0) is 20.3. The van der Waals surface area contributed by atoms with Crippen LogP contribution in [0.15, 0.2) is 0 Å². The summed E-state index contributed by atoms with van der Waals surface area (Å²) < 4.78 is 0. The SMILES string of the molecule is CCCC(=O)C1C(=O)C(CCC(C)C)C(=O)C(O)(CCC(C)(C)C)C1=O. The normalized spacial score (nSPS) is 27.3. The van der Waals surface area contributed by atoms with Crippen molar-refractivity contribution >= 4 is 23.1 Å². The summed E-state index contributed by atoms with van der Waals surface area (Å²) in [5.74, 6) is -4.98. The van der Waals surface area contributed by atoms with Gasteiger partial charge in [0.15, 0.2) is 28.7 Å². The molecule has 0 bridgehead atoms. The summed E-state index contributed by atoms with van der Waals surface area (Å²) >= 11 is 0. The van der Waals surface area contributed by atoms with E-state index in [-0.39, 0.29) is 30.6 Å². The van der Waals surface area contributed by atoms with Crippen molar-refractivity contribution in [3.63, 3.8) is 0 Å². The van der Waals surface area contributed by atoms with Gasteiger partial charge >= 0.3 is 0 Å². The van der Waals surface area contributed by atoms with Gasteiger partial charge in [-0.2, -0.15) is 0 Å². The molecule has 0 aromatic carbocycles. The summed E-state index contributed by atoms with van der Waals surface area (Å²) in [4.78, 5) is 51.0. The van der Waals surface area contributed by atoms with Gasteiger partial charge in [-0.3, -0.25) is 19.2 Å². The highest BCUT2D eigenvalue weighted by Crippen LogP contribution is 2.37. The third kappa shape index (κ3) is 5.09. The number of aliphatic hydroxyl groups is 1. The molecule has 3 unspecified atom stereocenters. The van der Waals surface area contributed by atoms with E-state index in [9.17, 15) is 24.3 Å². The maximum Gasteiger partial charge on any atom is 0.189 e. The first-order valence-corrected chi connectivity index (χ1v) is 9.72. The van der Waals surface area contributed by atoms with Crippen LogP contribution < -0.4 is 0 Å². The fraction of sp³-hybridized carbons (Fsp3) is 0.810. The van der Waals surface area contributed by atoms with E-state index in [0.717, 1.165) is 0 Å². The molecule has 5 heteroatoms. The van der Waals surface area contributed by atoms with Gasteiger partial charge in [-0.05, 0) is 43.4 Å². The second kappa shape index (κ2) is 8.55. The molecule has 0 radical (unpaired) electrons. The van der Waals surface area contributed by atoms with E-state index in [1.54, 1.807) is 6.92 Å². The maximum absolute atomic E-state index is 12.9. The Balaban J connectivity index is 3.25. The van der Waals surface area contributed by atoms with Crippen molar-refractivity contribution in [2.45, 2.75) is 85.7 Å². The highest BCUT2D eigenvalue weighted by atomic mass is 16.3. The smallest absolute Gasteiger partial charge is 0.189 e. The third-order valence-electron chi connectivity index (χ3n) is 5.11. The summed E-state index contributed by atoms with van der Waals surface area (Å²) in [5.41, 5.74) is -2.41. The second-order valence-electron chi connectivity index (χ2n) is 9.22. The zero-order valence-electron chi connectivity index (χ0n) is 17.1. The molecule has 5 nitrogen and oxygen atoms in total. The van der Waals surface area contributed by atoms with Crippen molar-refractivity contribution in [2.24, 2.45) is 23.2 Å². The molecule has 0 heterocycles. The summed E-state index contributed by atoms with van der Waals surface area (Å²) in [5, 5.41) is 11.0. The molecule has 0 amide bonds. The van der Waals surface area contributed by atoms with Crippen LogP contribution in [0.2, 0.25) is 0 Å². The number of ketones is 4. The molecule has 26 heavy (non-hydrogen) atoms. The fourth-order valence-corrected chi connectivity index (χ4v) is 3.38. The number of hydrogen-bond donors (Lipinski definition) is 1. The number of carbonyl (C=O) groups is 4. The van der Waals surface area contributed by atoms with E-state index >= 15 is 0 Å². The number of Topliss-reactive ketones (excluding diaryl/α,β-unsaturated/α-hetero) is 4. The molecular weight excluding hydrogens is 332 g/mol. The van der Waals surface area contributed by atoms with Gasteiger partial charge in [0, 0.05) is 6.42 Å². The average molecular weight is 366 g/mol. The summed E-state index contributed by atoms with van der Waals surface area (Å²) in [6, 6.07) is 0. The van der Waals surface area contributed by atoms with Crippen LogP contribution in [0.5, 0.6) is 0 Å². The van der Waals surface area contributed by atoms with E-state index in [1.165, 1.54) is 0 Å². The highest BCUT2D eigenvalue weighted by molar-refractivity contribution is 6.35. The molecule has 0 saturated heterocycles. The van der Waals surface area contributed by atoms with Crippen LogP contribution in [-0.4, -0.2) is 33.8 Å². The van der Waals surface area contributed by atoms with Gasteiger partial charge in [0.25, 0.3) is 0 Å². The van der Waals surface area contributed by atoms with Crippen molar-refractivity contribution in [1.29, 1.82) is 0 Å². The van der Waals surface area contributed by atoms with Crippen LogP contribution in [0, 0.1) is 23.2 Å². The summed E-state index contributed by atoms with van der Waals surface area (Å²) in [7, 11) is 0. The van der Waals surface area contributed by atoms with Crippen molar-refractivity contribution in [3.05, 3.63) is 0 Å². The predicted molar refractivity (Wildman–Crippen MR) is 99.6 cm³/mol. The molecule has 0 spiro atoms. The second-order valence-corrected chi connectivity index (χ2v) is 9.22. The highest BCUT2D eigenvalue weighted by Gasteiger charge is 2.59. The van der Waals surface area contributed by atoms with E-state index in [4.69, 9.17) is 0 Å². The Morgan fingerprint density at radius 3 is 2.19 bits per heavy atom. The van der Waals surface area contributed by atoms with E-state index in [2.05, 4.69) is 0 Å². The van der Waals surface area contributed by atoms with Gasteiger partial charge in [-0.1, -0.05) is 41.5 Å². The van der Waals surface area contributed by atoms with Crippen LogP contribution in [-0.2, 0) is 19.2 Å². The quantitative estimate of drug-likeness (QED) is 0.666. The summed E-state index contributed by atoms with van der Waals surface area (Å²) in [6.45, 7) is 11.6. The molecule has 3 atom stereocenters. The van der Waals surface area contributed by atoms with Gasteiger partial charge < -0.3 is 5.11 Å². The Hall–Kier alpha value is -1.36. The van der Waals surface area contributed by atoms with Crippen LogP contribution in [0.25, 0.3) is 0 Å². The Kier molecular flexibility index (Phi) is 7.46. The van der Waals surface area contributed by atoms with E-state index < -0.39 is 40.6 Å². The number of hydrogen-bond acceptors (Lipinski definition) is 5. The van der Waals surface area contributed by atoms with Crippen LogP contribution >= 0.6 is 0 Å². The van der Waals surface area contributed by atoms with Gasteiger partial charge in [-0.15, -0.1) is 0 Å². The third-order valence-corrected chi connectivity index (χ3v) is 5.11. The van der Waals surface area contributed by atoms with Crippen molar-refractivity contribution in [3.8, 4) is 0 Å². The molecule has 0 aliphatic heterocycles. The first-order valence-electron chi connectivity index (χ1n) is 9.72. The maximum atomic E-state index is 12.9. The van der Waals surface area contributed by atoms with Gasteiger partial charge in [0.1, 0.15) is 5.92 Å². The molecule has 1 aliphatic carbocycles. The molecule has 148 valence electrons. The Labute approximate surface area is 156 Å². The first kappa shape index (κ1) is 22.7. The lowest BCUT2D eigenvalue weighted by molar-refractivity contribution is -0.168.